The number of nitrogens with one attached hydrogen (secondary N) is 2. The molecule has 1 aliphatic rings. The van der Waals surface area contributed by atoms with Crippen LogP contribution in [0.4, 0.5) is 0 Å². The minimum absolute atomic E-state index is 0. The molecule has 0 saturated heterocycles. The Morgan fingerprint density at radius 3 is 2.48 bits per heavy atom. The predicted octanol–water partition coefficient (Wildman–Crippen LogP) is 4.68. The van der Waals surface area contributed by atoms with Gasteiger partial charge in [0, 0.05) is 23.2 Å². The Labute approximate surface area is 183 Å². The second-order valence-corrected chi connectivity index (χ2v) is 8.38. The van der Waals surface area contributed by atoms with E-state index in [-0.39, 0.29) is 28.7 Å². The van der Waals surface area contributed by atoms with Gasteiger partial charge in [0.1, 0.15) is 5.76 Å². The molecule has 2 N–H and O–H groups in total. The van der Waals surface area contributed by atoms with Crippen LogP contribution in [0.5, 0.6) is 0 Å². The molecule has 148 valence electrons. The summed E-state index contributed by atoms with van der Waals surface area (Å²) in [5, 5.41) is 6.82. The van der Waals surface area contributed by atoms with E-state index < -0.39 is 0 Å². The first kappa shape index (κ1) is 22.1. The van der Waals surface area contributed by atoms with E-state index in [2.05, 4.69) is 50.9 Å². The number of hydrogen-bond acceptors (Lipinski definition) is 4. The van der Waals surface area contributed by atoms with E-state index >= 15 is 0 Å². The summed E-state index contributed by atoms with van der Waals surface area (Å²) in [6, 6.07) is 10.7. The Balaban J connectivity index is 0.00000261. The Hall–Kier alpha value is -1.22. The molecule has 0 unspecified atom stereocenters. The van der Waals surface area contributed by atoms with E-state index in [0.29, 0.717) is 12.4 Å². The molecule has 1 heterocycles. The molecule has 27 heavy (non-hydrogen) atoms. The van der Waals surface area contributed by atoms with Gasteiger partial charge in [0.15, 0.2) is 5.96 Å². The first-order valence-corrected chi connectivity index (χ1v) is 10.0. The fourth-order valence-corrected chi connectivity index (χ4v) is 4.74. The minimum Gasteiger partial charge on any atom is -0.444 e. The summed E-state index contributed by atoms with van der Waals surface area (Å²) in [7, 11) is 1.80. The van der Waals surface area contributed by atoms with Crippen molar-refractivity contribution in [2.45, 2.75) is 55.7 Å². The smallest absolute Gasteiger partial charge is 0.214 e. The van der Waals surface area contributed by atoms with Gasteiger partial charge in [0.05, 0.1) is 12.2 Å². The number of rotatable bonds is 6. The lowest BCUT2D eigenvalue weighted by Crippen LogP contribution is -2.44. The van der Waals surface area contributed by atoms with Crippen LogP contribution in [0.15, 0.2) is 44.6 Å². The number of guanidine groups is 1. The Morgan fingerprint density at radius 2 is 1.89 bits per heavy atom. The number of aliphatic imine (C=N–C) groups is 1. The van der Waals surface area contributed by atoms with Crippen LogP contribution in [0, 0.1) is 13.8 Å². The largest absolute Gasteiger partial charge is 0.444 e. The van der Waals surface area contributed by atoms with Crippen molar-refractivity contribution in [1.29, 1.82) is 0 Å². The molecule has 1 aliphatic carbocycles. The van der Waals surface area contributed by atoms with Gasteiger partial charge in [-0.3, -0.25) is 4.99 Å². The highest BCUT2D eigenvalue weighted by molar-refractivity contribution is 14.0. The first-order valence-electron chi connectivity index (χ1n) is 9.22. The summed E-state index contributed by atoms with van der Waals surface area (Å²) in [6.07, 6.45) is 5.05. The number of aromatic nitrogens is 1. The lowest BCUT2D eigenvalue weighted by molar-refractivity contribution is 0.463. The average molecular weight is 500 g/mol. The minimum atomic E-state index is 0. The highest BCUT2D eigenvalue weighted by Crippen LogP contribution is 2.44. The average Bonchev–Trinajstić information content (AvgIpc) is 3.23. The lowest BCUT2D eigenvalue weighted by Gasteiger charge is -2.29. The molecule has 2 aromatic rings. The van der Waals surface area contributed by atoms with E-state index in [4.69, 9.17) is 4.42 Å². The van der Waals surface area contributed by atoms with Crippen LogP contribution in [-0.4, -0.2) is 29.3 Å². The van der Waals surface area contributed by atoms with Crippen molar-refractivity contribution in [2.75, 3.05) is 13.6 Å². The van der Waals surface area contributed by atoms with Crippen LogP contribution >= 0.6 is 35.7 Å². The number of hydrogen-bond donors (Lipinski definition) is 2. The maximum absolute atomic E-state index is 5.63. The topological polar surface area (TPSA) is 62.5 Å². The maximum Gasteiger partial charge on any atom is 0.214 e. The summed E-state index contributed by atoms with van der Waals surface area (Å²) in [5.74, 6) is 2.35. The van der Waals surface area contributed by atoms with Crippen LogP contribution in [0.25, 0.3) is 0 Å². The van der Waals surface area contributed by atoms with Crippen LogP contribution in [0.1, 0.15) is 43.0 Å². The number of halogens is 1. The van der Waals surface area contributed by atoms with Crippen LogP contribution in [-0.2, 0) is 6.54 Å². The van der Waals surface area contributed by atoms with Crippen molar-refractivity contribution in [3.63, 3.8) is 0 Å². The molecule has 1 saturated carbocycles. The zero-order valence-corrected chi connectivity index (χ0v) is 19.4. The SMILES string of the molecule is CN=C(NCc1nc(C)c(C)o1)NCC1(Sc2ccccc2)CCCC1.I. The lowest BCUT2D eigenvalue weighted by atomic mass is 10.1. The third kappa shape index (κ3) is 6.14. The number of thioether (sulfide) groups is 1. The summed E-state index contributed by atoms with van der Waals surface area (Å²) >= 11 is 1.99. The zero-order chi connectivity index (χ0) is 18.4. The van der Waals surface area contributed by atoms with E-state index in [0.717, 1.165) is 24.0 Å². The molecule has 1 aromatic carbocycles. The highest BCUT2D eigenvalue weighted by atomic mass is 127. The van der Waals surface area contributed by atoms with Crippen LogP contribution in [0.2, 0.25) is 0 Å². The number of oxazole rings is 1. The molecule has 5 nitrogen and oxygen atoms in total. The van der Waals surface area contributed by atoms with Crippen molar-refractivity contribution < 1.29 is 4.42 Å². The second-order valence-electron chi connectivity index (χ2n) is 6.83. The third-order valence-corrected chi connectivity index (χ3v) is 6.37. The summed E-state index contributed by atoms with van der Waals surface area (Å²) < 4.78 is 5.86. The predicted molar refractivity (Wildman–Crippen MR) is 123 cm³/mol. The van der Waals surface area contributed by atoms with Crippen molar-refractivity contribution in [3.05, 3.63) is 47.7 Å². The van der Waals surface area contributed by atoms with Crippen molar-refractivity contribution >= 4 is 41.7 Å². The van der Waals surface area contributed by atoms with E-state index in [1.165, 1.54) is 30.6 Å². The van der Waals surface area contributed by atoms with Crippen molar-refractivity contribution in [3.8, 4) is 0 Å². The maximum atomic E-state index is 5.63. The molecule has 0 bridgehead atoms. The first-order chi connectivity index (χ1) is 12.6. The fourth-order valence-electron chi connectivity index (χ4n) is 3.31. The number of nitrogens with zero attached hydrogens (tertiary/aromatic N) is 2. The monoisotopic (exact) mass is 500 g/mol. The quantitative estimate of drug-likeness (QED) is 0.343. The third-order valence-electron chi connectivity index (χ3n) is 4.87. The Kier molecular flexibility index (Phi) is 8.47. The van der Waals surface area contributed by atoms with Gasteiger partial charge >= 0.3 is 0 Å². The molecule has 3 rings (SSSR count). The standard InChI is InChI=1S/C20H28N4OS.HI/c1-15-16(2)25-18(24-15)13-22-19(21-3)23-14-20(11-7-8-12-20)26-17-9-5-4-6-10-17;/h4-6,9-10H,7-8,11-14H2,1-3H3,(H2,21,22,23);1H. The summed E-state index contributed by atoms with van der Waals surface area (Å²) in [5.41, 5.74) is 0.939. The fraction of sp³-hybridized carbons (Fsp3) is 0.500. The Morgan fingerprint density at radius 1 is 1.19 bits per heavy atom. The van der Waals surface area contributed by atoms with Gasteiger partial charge in [-0.15, -0.1) is 35.7 Å². The highest BCUT2D eigenvalue weighted by Gasteiger charge is 2.35. The van der Waals surface area contributed by atoms with Gasteiger partial charge in [0.25, 0.3) is 0 Å². The van der Waals surface area contributed by atoms with Gasteiger partial charge < -0.3 is 15.1 Å². The molecule has 0 aliphatic heterocycles. The molecule has 7 heteroatoms. The second kappa shape index (κ2) is 10.4. The molecular formula is C20H29IN4OS. The van der Waals surface area contributed by atoms with Gasteiger partial charge in [-0.1, -0.05) is 31.0 Å². The van der Waals surface area contributed by atoms with Gasteiger partial charge in [0.2, 0.25) is 5.89 Å². The normalized spacial score (nSPS) is 16.0. The number of benzene rings is 1. The van der Waals surface area contributed by atoms with Gasteiger partial charge in [-0.25, -0.2) is 4.98 Å². The van der Waals surface area contributed by atoms with Crippen LogP contribution < -0.4 is 10.6 Å². The van der Waals surface area contributed by atoms with Crippen LogP contribution in [0.3, 0.4) is 0 Å². The van der Waals surface area contributed by atoms with E-state index in [9.17, 15) is 0 Å². The molecule has 0 radical (unpaired) electrons. The van der Waals surface area contributed by atoms with Crippen molar-refractivity contribution in [1.82, 2.24) is 15.6 Å². The number of aryl methyl sites for hydroxylation is 2. The summed E-state index contributed by atoms with van der Waals surface area (Å²) in [6.45, 7) is 5.33. The molecule has 0 spiro atoms. The van der Waals surface area contributed by atoms with E-state index in [1.54, 1.807) is 7.05 Å². The molecular weight excluding hydrogens is 471 g/mol. The van der Waals surface area contributed by atoms with E-state index in [1.807, 2.05) is 25.6 Å². The Bertz CT molecular complexity index is 722. The molecule has 0 atom stereocenters. The zero-order valence-electron chi connectivity index (χ0n) is 16.2. The molecule has 1 fully saturated rings. The van der Waals surface area contributed by atoms with Gasteiger partial charge in [-0.2, -0.15) is 0 Å². The van der Waals surface area contributed by atoms with Crippen molar-refractivity contribution in [2.24, 2.45) is 4.99 Å². The van der Waals surface area contributed by atoms with Gasteiger partial charge in [-0.05, 0) is 38.8 Å². The molecule has 1 aromatic heterocycles. The summed E-state index contributed by atoms with van der Waals surface area (Å²) in [4.78, 5) is 10.1. The molecule has 0 amide bonds.